The van der Waals surface area contributed by atoms with Gasteiger partial charge in [-0.05, 0) is 18.8 Å². The first kappa shape index (κ1) is 8.57. The Morgan fingerprint density at radius 1 is 1.55 bits per heavy atom. The molecule has 1 unspecified atom stereocenters. The van der Waals surface area contributed by atoms with Gasteiger partial charge in [0.05, 0.1) is 0 Å². The normalized spacial score (nSPS) is 31.7. The van der Waals surface area contributed by atoms with E-state index in [9.17, 15) is 4.79 Å². The summed E-state index contributed by atoms with van der Waals surface area (Å²) >= 11 is 0. The van der Waals surface area contributed by atoms with Gasteiger partial charge >= 0.3 is 0 Å². The van der Waals surface area contributed by atoms with Crippen LogP contribution in [0.1, 0.15) is 39.0 Å². The lowest BCUT2D eigenvalue weighted by molar-refractivity contribution is -0.123. The summed E-state index contributed by atoms with van der Waals surface area (Å²) in [6, 6.07) is 0. The van der Waals surface area contributed by atoms with Crippen LogP contribution in [0.4, 0.5) is 0 Å². The molecular weight excluding hydrogens is 138 g/mol. The number of carbonyl (C=O) groups is 1. The third-order valence-corrected chi connectivity index (χ3v) is 2.76. The fourth-order valence-corrected chi connectivity index (χ4v) is 1.92. The van der Waals surface area contributed by atoms with E-state index in [1.807, 2.05) is 0 Å². The van der Waals surface area contributed by atoms with Gasteiger partial charge in [0, 0.05) is 5.92 Å². The Bertz CT molecular complexity index is 144. The molecule has 0 aromatic heterocycles. The zero-order valence-electron chi connectivity index (χ0n) is 7.18. The van der Waals surface area contributed by atoms with Crippen molar-refractivity contribution in [2.75, 3.05) is 0 Å². The quantitative estimate of drug-likeness (QED) is 0.648. The van der Waals surface area contributed by atoms with Crippen LogP contribution in [0.2, 0.25) is 0 Å². The first-order valence-electron chi connectivity index (χ1n) is 4.53. The van der Waals surface area contributed by atoms with Gasteiger partial charge in [-0.25, -0.2) is 0 Å². The summed E-state index contributed by atoms with van der Waals surface area (Å²) in [7, 11) is 0. The Kier molecular flexibility index (Phi) is 2.92. The second-order valence-corrected chi connectivity index (χ2v) is 3.54. The van der Waals surface area contributed by atoms with Crippen molar-refractivity contribution in [1.29, 1.82) is 0 Å². The highest BCUT2D eigenvalue weighted by Gasteiger charge is 2.24. The van der Waals surface area contributed by atoms with Crippen molar-refractivity contribution in [3.05, 3.63) is 0 Å². The molecule has 1 amide bonds. The van der Waals surface area contributed by atoms with E-state index in [1.165, 1.54) is 19.3 Å². The van der Waals surface area contributed by atoms with Gasteiger partial charge in [-0.3, -0.25) is 4.79 Å². The van der Waals surface area contributed by atoms with Crippen molar-refractivity contribution in [3.63, 3.8) is 0 Å². The first-order valence-corrected chi connectivity index (χ1v) is 4.53. The molecule has 0 heterocycles. The van der Waals surface area contributed by atoms with Crippen LogP contribution in [0, 0.1) is 11.8 Å². The summed E-state index contributed by atoms with van der Waals surface area (Å²) in [5, 5.41) is 0. The number of hydrogen-bond donors (Lipinski definition) is 1. The van der Waals surface area contributed by atoms with Gasteiger partial charge in [-0.2, -0.15) is 0 Å². The fraction of sp³-hybridized carbons (Fsp3) is 0.889. The van der Waals surface area contributed by atoms with E-state index in [4.69, 9.17) is 5.73 Å². The van der Waals surface area contributed by atoms with E-state index < -0.39 is 0 Å². The molecule has 1 rings (SSSR count). The Labute approximate surface area is 68.2 Å². The van der Waals surface area contributed by atoms with Crippen molar-refractivity contribution < 1.29 is 4.79 Å². The lowest BCUT2D eigenvalue weighted by Gasteiger charge is -2.25. The molecule has 1 aliphatic carbocycles. The number of rotatable bonds is 2. The highest BCUT2D eigenvalue weighted by atomic mass is 16.1. The molecule has 0 aromatic rings. The van der Waals surface area contributed by atoms with Gasteiger partial charge in [0.25, 0.3) is 0 Å². The second-order valence-electron chi connectivity index (χ2n) is 3.54. The van der Waals surface area contributed by atoms with Gasteiger partial charge < -0.3 is 5.73 Å². The van der Waals surface area contributed by atoms with E-state index in [1.54, 1.807) is 0 Å². The van der Waals surface area contributed by atoms with Crippen LogP contribution in [0.3, 0.4) is 0 Å². The molecular formula is C9H17NO. The monoisotopic (exact) mass is 155 g/mol. The maximum atomic E-state index is 10.8. The molecule has 0 aliphatic heterocycles. The van der Waals surface area contributed by atoms with Gasteiger partial charge in [0.2, 0.25) is 5.91 Å². The van der Waals surface area contributed by atoms with Crippen LogP contribution in [-0.2, 0) is 4.79 Å². The largest absolute Gasteiger partial charge is 0.369 e. The topological polar surface area (TPSA) is 43.1 Å². The molecule has 2 N–H and O–H groups in total. The van der Waals surface area contributed by atoms with Crippen LogP contribution >= 0.6 is 0 Å². The number of hydrogen-bond acceptors (Lipinski definition) is 1. The van der Waals surface area contributed by atoms with Gasteiger partial charge in [0.1, 0.15) is 0 Å². The lowest BCUT2D eigenvalue weighted by atomic mass is 9.80. The predicted octanol–water partition coefficient (Wildman–Crippen LogP) is 1.69. The summed E-state index contributed by atoms with van der Waals surface area (Å²) in [5.41, 5.74) is 5.25. The molecule has 64 valence electrons. The Morgan fingerprint density at radius 2 is 2.27 bits per heavy atom. The summed E-state index contributed by atoms with van der Waals surface area (Å²) < 4.78 is 0. The van der Waals surface area contributed by atoms with Crippen LogP contribution < -0.4 is 5.73 Å². The van der Waals surface area contributed by atoms with Crippen molar-refractivity contribution in [3.8, 4) is 0 Å². The highest BCUT2D eigenvalue weighted by Crippen LogP contribution is 2.30. The number of amides is 1. The average Bonchev–Trinajstić information content (AvgIpc) is 2.05. The second kappa shape index (κ2) is 3.74. The Hall–Kier alpha value is -0.530. The molecule has 1 aliphatic rings. The zero-order chi connectivity index (χ0) is 8.27. The number of primary amides is 1. The Balaban J connectivity index is 2.39. The third-order valence-electron chi connectivity index (χ3n) is 2.76. The van der Waals surface area contributed by atoms with E-state index in [-0.39, 0.29) is 11.8 Å². The predicted molar refractivity (Wildman–Crippen MR) is 44.9 cm³/mol. The molecule has 2 atom stereocenters. The SMILES string of the molecule is CC[C@@H]1CCCC(C(N)=O)C1. The van der Waals surface area contributed by atoms with Gasteiger partial charge in [0.15, 0.2) is 0 Å². The molecule has 1 fully saturated rings. The van der Waals surface area contributed by atoms with Gasteiger partial charge in [-0.15, -0.1) is 0 Å². The molecule has 0 radical (unpaired) electrons. The lowest BCUT2D eigenvalue weighted by Crippen LogP contribution is -2.28. The highest BCUT2D eigenvalue weighted by molar-refractivity contribution is 5.76. The molecule has 0 spiro atoms. The van der Waals surface area contributed by atoms with Gasteiger partial charge in [-0.1, -0.05) is 26.2 Å². The van der Waals surface area contributed by atoms with Crippen molar-refractivity contribution in [1.82, 2.24) is 0 Å². The summed E-state index contributed by atoms with van der Waals surface area (Å²) in [6.45, 7) is 2.19. The van der Waals surface area contributed by atoms with Crippen molar-refractivity contribution in [2.24, 2.45) is 17.6 Å². The maximum absolute atomic E-state index is 10.8. The molecule has 2 nitrogen and oxygen atoms in total. The smallest absolute Gasteiger partial charge is 0.220 e. The van der Waals surface area contributed by atoms with Crippen molar-refractivity contribution >= 4 is 5.91 Å². The number of carbonyl (C=O) groups excluding carboxylic acids is 1. The minimum absolute atomic E-state index is 0.0943. The van der Waals surface area contributed by atoms with Crippen molar-refractivity contribution in [2.45, 2.75) is 39.0 Å². The van der Waals surface area contributed by atoms with Crippen LogP contribution in [-0.4, -0.2) is 5.91 Å². The van der Waals surface area contributed by atoms with E-state index in [2.05, 4.69) is 6.92 Å². The van der Waals surface area contributed by atoms with Crippen LogP contribution in [0.5, 0.6) is 0 Å². The number of nitrogens with two attached hydrogens (primary N) is 1. The summed E-state index contributed by atoms with van der Waals surface area (Å²) in [4.78, 5) is 10.8. The molecule has 0 saturated heterocycles. The first-order chi connectivity index (χ1) is 5.24. The molecule has 2 heteroatoms. The van der Waals surface area contributed by atoms with Crippen LogP contribution in [0.25, 0.3) is 0 Å². The van der Waals surface area contributed by atoms with E-state index in [0.717, 1.165) is 18.8 Å². The average molecular weight is 155 g/mol. The summed E-state index contributed by atoms with van der Waals surface area (Å²) in [6.07, 6.45) is 5.73. The minimum Gasteiger partial charge on any atom is -0.369 e. The molecule has 0 bridgehead atoms. The van der Waals surface area contributed by atoms with E-state index in [0.29, 0.717) is 0 Å². The fourth-order valence-electron chi connectivity index (χ4n) is 1.92. The van der Waals surface area contributed by atoms with Crippen LogP contribution in [0.15, 0.2) is 0 Å². The summed E-state index contributed by atoms with van der Waals surface area (Å²) in [5.74, 6) is 0.832. The minimum atomic E-state index is -0.0943. The Morgan fingerprint density at radius 3 is 2.82 bits per heavy atom. The standard InChI is InChI=1S/C9H17NO/c1-2-7-4-3-5-8(6-7)9(10)11/h7-8H,2-6H2,1H3,(H2,10,11)/t7-,8?/m1/s1. The molecule has 1 saturated carbocycles. The molecule has 0 aromatic carbocycles. The maximum Gasteiger partial charge on any atom is 0.220 e. The molecule has 11 heavy (non-hydrogen) atoms. The zero-order valence-corrected chi connectivity index (χ0v) is 7.18. The third kappa shape index (κ3) is 2.21. The van der Waals surface area contributed by atoms with E-state index >= 15 is 0 Å².